The standard InChI is InChI=1S/C27H33N3O9/c1-15-22(39-26(35)30-27(2,3)4)17(13-16-9-7-6-8-10-16)24(33)37-14-18(25(34)38-15)29-23(32)20-21(31)19(36-5)11-12-28-20/h6-12,15,17-18,22,31H,13-14H2,1-5H3,(H,29,32)(H,30,35)/t15-,17+,18?,22?/m0/s1. The number of alkyl carbamates (subject to hydrolysis) is 1. The average Bonchev–Trinajstić information content (AvgIpc) is 2.90. The molecule has 39 heavy (non-hydrogen) atoms. The summed E-state index contributed by atoms with van der Waals surface area (Å²) in [5.41, 5.74) is -0.255. The molecule has 2 unspecified atom stereocenters. The monoisotopic (exact) mass is 543 g/mol. The molecular weight excluding hydrogens is 510 g/mol. The van der Waals surface area contributed by atoms with Gasteiger partial charge in [0.25, 0.3) is 5.91 Å². The number of benzene rings is 1. The molecule has 1 fully saturated rings. The first-order valence-electron chi connectivity index (χ1n) is 12.3. The summed E-state index contributed by atoms with van der Waals surface area (Å²) in [4.78, 5) is 55.7. The van der Waals surface area contributed by atoms with Crippen molar-refractivity contribution in [1.82, 2.24) is 15.6 Å². The number of esters is 2. The fourth-order valence-corrected chi connectivity index (χ4v) is 3.93. The van der Waals surface area contributed by atoms with E-state index in [-0.39, 0.29) is 12.2 Å². The molecule has 1 aliphatic rings. The van der Waals surface area contributed by atoms with Gasteiger partial charge >= 0.3 is 18.0 Å². The lowest BCUT2D eigenvalue weighted by Crippen LogP contribution is -2.49. The fraction of sp³-hybridized carbons (Fsp3) is 0.444. The van der Waals surface area contributed by atoms with E-state index < -0.39 is 71.7 Å². The average molecular weight is 544 g/mol. The topological polar surface area (TPSA) is 162 Å². The van der Waals surface area contributed by atoms with Gasteiger partial charge in [0.05, 0.1) is 7.11 Å². The van der Waals surface area contributed by atoms with E-state index in [1.807, 2.05) is 6.07 Å². The van der Waals surface area contributed by atoms with Crippen molar-refractivity contribution in [3.8, 4) is 11.5 Å². The van der Waals surface area contributed by atoms with Gasteiger partial charge in [-0.25, -0.2) is 14.6 Å². The van der Waals surface area contributed by atoms with Gasteiger partial charge in [0.1, 0.15) is 18.6 Å². The molecule has 2 heterocycles. The summed E-state index contributed by atoms with van der Waals surface area (Å²) < 4.78 is 21.6. The van der Waals surface area contributed by atoms with E-state index >= 15 is 0 Å². The number of carbonyl (C=O) groups is 4. The van der Waals surface area contributed by atoms with Gasteiger partial charge in [0.2, 0.25) is 0 Å². The summed E-state index contributed by atoms with van der Waals surface area (Å²) in [5, 5.41) is 15.3. The number of carbonyl (C=O) groups excluding carboxylic acids is 4. The lowest BCUT2D eigenvalue weighted by Gasteiger charge is -2.30. The molecule has 2 amide bonds. The molecule has 12 heteroatoms. The molecule has 1 aliphatic heterocycles. The number of cyclic esters (lactones) is 2. The third-order valence-electron chi connectivity index (χ3n) is 5.79. The van der Waals surface area contributed by atoms with E-state index in [9.17, 15) is 24.3 Å². The Bertz CT molecular complexity index is 1200. The number of aromatic hydroxyl groups is 1. The van der Waals surface area contributed by atoms with E-state index in [0.717, 1.165) is 5.56 Å². The number of hydrogen-bond donors (Lipinski definition) is 3. The number of nitrogens with zero attached hydrogens (tertiary/aromatic N) is 1. The molecule has 12 nitrogen and oxygen atoms in total. The van der Waals surface area contributed by atoms with Gasteiger partial charge in [-0.15, -0.1) is 0 Å². The second-order valence-corrected chi connectivity index (χ2v) is 10.0. The predicted octanol–water partition coefficient (Wildman–Crippen LogP) is 2.13. The minimum Gasteiger partial charge on any atom is -0.503 e. The van der Waals surface area contributed by atoms with E-state index in [1.54, 1.807) is 45.0 Å². The predicted molar refractivity (Wildman–Crippen MR) is 137 cm³/mol. The summed E-state index contributed by atoms with van der Waals surface area (Å²) in [6, 6.07) is 8.95. The molecule has 3 rings (SSSR count). The summed E-state index contributed by atoms with van der Waals surface area (Å²) in [5.74, 6) is -4.16. The van der Waals surface area contributed by atoms with Crippen LogP contribution in [0.1, 0.15) is 43.7 Å². The number of rotatable bonds is 6. The maximum atomic E-state index is 13.3. The van der Waals surface area contributed by atoms with Gasteiger partial charge in [0, 0.05) is 17.8 Å². The minimum absolute atomic E-state index is 0.00419. The SMILES string of the molecule is COc1ccnc(C(=O)NC2COC(=O)[C@H](Cc3ccccc3)C(OC(=O)NC(C)(C)C)[C@H](C)OC2=O)c1O. The third-order valence-corrected chi connectivity index (χ3v) is 5.79. The summed E-state index contributed by atoms with van der Waals surface area (Å²) in [6.45, 7) is 6.21. The van der Waals surface area contributed by atoms with Crippen molar-refractivity contribution in [3.05, 3.63) is 53.9 Å². The highest BCUT2D eigenvalue weighted by Gasteiger charge is 2.42. The Morgan fingerprint density at radius 1 is 1.13 bits per heavy atom. The van der Waals surface area contributed by atoms with Crippen LogP contribution in [0.2, 0.25) is 0 Å². The van der Waals surface area contributed by atoms with Crippen molar-refractivity contribution in [1.29, 1.82) is 0 Å². The Balaban J connectivity index is 1.87. The van der Waals surface area contributed by atoms with Crippen molar-refractivity contribution in [2.75, 3.05) is 13.7 Å². The van der Waals surface area contributed by atoms with Crippen molar-refractivity contribution in [2.24, 2.45) is 5.92 Å². The molecule has 2 aromatic rings. The molecular formula is C27H33N3O9. The first-order valence-corrected chi connectivity index (χ1v) is 12.3. The normalized spacial score (nSPS) is 21.8. The number of aromatic nitrogens is 1. The molecule has 0 aliphatic carbocycles. The molecule has 0 saturated carbocycles. The lowest BCUT2D eigenvalue weighted by atomic mass is 9.91. The van der Waals surface area contributed by atoms with Crippen LogP contribution in [0.25, 0.3) is 0 Å². The van der Waals surface area contributed by atoms with Crippen molar-refractivity contribution in [2.45, 2.75) is 57.9 Å². The number of pyridine rings is 1. The fourth-order valence-electron chi connectivity index (χ4n) is 3.93. The first kappa shape index (κ1) is 29.2. The Morgan fingerprint density at radius 3 is 2.46 bits per heavy atom. The number of hydrogen-bond acceptors (Lipinski definition) is 10. The quantitative estimate of drug-likeness (QED) is 0.363. The highest BCUT2D eigenvalue weighted by molar-refractivity contribution is 5.98. The second kappa shape index (κ2) is 12.5. The summed E-state index contributed by atoms with van der Waals surface area (Å²) in [6.07, 6.45) is -1.72. The van der Waals surface area contributed by atoms with Gasteiger partial charge in [-0.05, 0) is 39.7 Å². The smallest absolute Gasteiger partial charge is 0.407 e. The molecule has 1 aromatic heterocycles. The Hall–Kier alpha value is -4.35. The van der Waals surface area contributed by atoms with Crippen LogP contribution in [0.5, 0.6) is 11.5 Å². The number of methoxy groups -OCH3 is 1. The summed E-state index contributed by atoms with van der Waals surface area (Å²) in [7, 11) is 1.30. The van der Waals surface area contributed by atoms with E-state index in [0.29, 0.717) is 0 Å². The van der Waals surface area contributed by atoms with Gasteiger partial charge in [0.15, 0.2) is 29.3 Å². The Labute approximate surface area is 226 Å². The zero-order valence-corrected chi connectivity index (χ0v) is 22.4. The van der Waals surface area contributed by atoms with Gasteiger partial charge in [-0.2, -0.15) is 0 Å². The van der Waals surface area contributed by atoms with Crippen molar-refractivity contribution < 1.29 is 43.2 Å². The lowest BCUT2D eigenvalue weighted by molar-refractivity contribution is -0.159. The van der Waals surface area contributed by atoms with Crippen LogP contribution in [0.15, 0.2) is 42.6 Å². The van der Waals surface area contributed by atoms with Crippen LogP contribution in [0.4, 0.5) is 4.79 Å². The molecule has 1 aromatic carbocycles. The minimum atomic E-state index is -1.43. The molecule has 1 saturated heterocycles. The second-order valence-electron chi connectivity index (χ2n) is 10.0. The Kier molecular flexibility index (Phi) is 9.33. The number of ether oxygens (including phenoxy) is 4. The molecule has 3 N–H and O–H groups in total. The van der Waals surface area contributed by atoms with E-state index in [2.05, 4.69) is 15.6 Å². The van der Waals surface area contributed by atoms with Gasteiger partial charge in [-0.1, -0.05) is 30.3 Å². The molecule has 4 atom stereocenters. The molecule has 0 radical (unpaired) electrons. The Morgan fingerprint density at radius 2 is 1.82 bits per heavy atom. The van der Waals surface area contributed by atoms with Gasteiger partial charge in [-0.3, -0.25) is 9.59 Å². The van der Waals surface area contributed by atoms with Crippen LogP contribution < -0.4 is 15.4 Å². The summed E-state index contributed by atoms with van der Waals surface area (Å²) >= 11 is 0. The van der Waals surface area contributed by atoms with Crippen LogP contribution >= 0.6 is 0 Å². The number of nitrogens with one attached hydrogen (secondary N) is 2. The van der Waals surface area contributed by atoms with Crippen molar-refractivity contribution >= 4 is 23.9 Å². The molecule has 210 valence electrons. The van der Waals surface area contributed by atoms with Crippen LogP contribution in [0, 0.1) is 5.92 Å². The van der Waals surface area contributed by atoms with E-state index in [1.165, 1.54) is 26.3 Å². The zero-order chi connectivity index (χ0) is 28.7. The molecule has 0 bridgehead atoms. The highest BCUT2D eigenvalue weighted by atomic mass is 16.6. The van der Waals surface area contributed by atoms with E-state index in [4.69, 9.17) is 18.9 Å². The molecule has 0 spiro atoms. The van der Waals surface area contributed by atoms with Crippen molar-refractivity contribution in [3.63, 3.8) is 0 Å². The van der Waals surface area contributed by atoms with Gasteiger partial charge < -0.3 is 34.7 Å². The largest absolute Gasteiger partial charge is 0.503 e. The highest BCUT2D eigenvalue weighted by Crippen LogP contribution is 2.28. The van der Waals surface area contributed by atoms with Crippen LogP contribution in [0.3, 0.4) is 0 Å². The third kappa shape index (κ3) is 7.82. The number of amides is 2. The first-order chi connectivity index (χ1) is 18.4. The maximum Gasteiger partial charge on any atom is 0.407 e. The maximum absolute atomic E-state index is 13.3. The van der Waals surface area contributed by atoms with Crippen LogP contribution in [-0.2, 0) is 30.2 Å². The zero-order valence-electron chi connectivity index (χ0n) is 22.4. The van der Waals surface area contributed by atoms with Crippen LogP contribution in [-0.4, -0.2) is 71.5 Å².